The Morgan fingerprint density at radius 2 is 2.00 bits per heavy atom. The Hall–Kier alpha value is -2.29. The number of carbonyl (C=O) groups excluding carboxylic acids is 1. The van der Waals surface area contributed by atoms with Gasteiger partial charge in [-0.25, -0.2) is 8.42 Å². The quantitative estimate of drug-likeness (QED) is 0.490. The first kappa shape index (κ1) is 22.4. The molecule has 0 bridgehead atoms. The largest absolute Gasteiger partial charge is 0.497 e. The number of rotatable bonds is 8. The Morgan fingerprint density at radius 1 is 1.27 bits per heavy atom. The summed E-state index contributed by atoms with van der Waals surface area (Å²) in [6, 6.07) is 13.9. The zero-order chi connectivity index (χ0) is 21.6. The van der Waals surface area contributed by atoms with Crippen LogP contribution < -0.4 is 10.1 Å². The van der Waals surface area contributed by atoms with Gasteiger partial charge in [-0.3, -0.25) is 4.79 Å². The highest BCUT2D eigenvalue weighted by Crippen LogP contribution is 2.29. The van der Waals surface area contributed by atoms with Crippen LogP contribution in [0.2, 0.25) is 0 Å². The molecule has 0 saturated carbocycles. The molecule has 0 spiro atoms. The fourth-order valence-electron chi connectivity index (χ4n) is 3.35. The minimum Gasteiger partial charge on any atom is -0.497 e. The molecular formula is C22H26N2O4S2. The van der Waals surface area contributed by atoms with E-state index in [1.807, 2.05) is 30.3 Å². The topological polar surface area (TPSA) is 75.7 Å². The maximum atomic E-state index is 13.0. The number of carbonyl (C=O) groups is 1. The van der Waals surface area contributed by atoms with E-state index in [4.69, 9.17) is 4.74 Å². The van der Waals surface area contributed by atoms with Crippen LogP contribution in [0.5, 0.6) is 5.75 Å². The normalized spacial score (nSPS) is 17.3. The Bertz CT molecular complexity index is 990. The van der Waals surface area contributed by atoms with Crippen molar-refractivity contribution in [1.82, 2.24) is 4.31 Å². The second-order valence-corrected chi connectivity index (χ2v) is 9.96. The summed E-state index contributed by atoms with van der Waals surface area (Å²) in [5, 5.41) is 2.98. The molecule has 30 heavy (non-hydrogen) atoms. The Morgan fingerprint density at radius 3 is 2.70 bits per heavy atom. The molecule has 1 heterocycles. The molecule has 1 amide bonds. The number of nitrogens with one attached hydrogen (secondary N) is 1. The number of piperidine rings is 1. The molecule has 1 saturated heterocycles. The number of thioether (sulfide) groups is 1. The van der Waals surface area contributed by atoms with Crippen molar-refractivity contribution >= 4 is 33.4 Å². The third-order valence-electron chi connectivity index (χ3n) is 4.95. The fraction of sp³-hybridized carbons (Fsp3) is 0.318. The average Bonchev–Trinajstić information content (AvgIpc) is 2.78. The lowest BCUT2D eigenvalue weighted by Crippen LogP contribution is -2.43. The van der Waals surface area contributed by atoms with Crippen molar-refractivity contribution in [1.29, 1.82) is 0 Å². The minimum absolute atomic E-state index is 0.156. The highest BCUT2D eigenvalue weighted by Gasteiger charge is 2.33. The van der Waals surface area contributed by atoms with Crippen LogP contribution in [0.15, 0.2) is 71.0 Å². The lowest BCUT2D eigenvalue weighted by Gasteiger charge is -2.31. The van der Waals surface area contributed by atoms with Crippen LogP contribution in [-0.4, -0.2) is 44.6 Å². The molecule has 1 atom stereocenters. The second-order valence-electron chi connectivity index (χ2n) is 6.96. The first-order chi connectivity index (χ1) is 14.5. The zero-order valence-electron chi connectivity index (χ0n) is 16.9. The van der Waals surface area contributed by atoms with Gasteiger partial charge >= 0.3 is 0 Å². The van der Waals surface area contributed by atoms with E-state index in [1.165, 1.54) is 23.5 Å². The highest BCUT2D eigenvalue weighted by atomic mass is 32.2. The third kappa shape index (κ3) is 5.24. The predicted molar refractivity (Wildman–Crippen MR) is 120 cm³/mol. The van der Waals surface area contributed by atoms with Gasteiger partial charge in [-0.15, -0.1) is 18.3 Å². The Labute approximate surface area is 182 Å². The van der Waals surface area contributed by atoms with E-state index in [9.17, 15) is 13.2 Å². The van der Waals surface area contributed by atoms with E-state index >= 15 is 0 Å². The molecule has 3 rings (SSSR count). The summed E-state index contributed by atoms with van der Waals surface area (Å²) in [5.74, 6) is 0.780. The summed E-state index contributed by atoms with van der Waals surface area (Å²) in [6.07, 6.45) is 3.11. The van der Waals surface area contributed by atoms with E-state index in [2.05, 4.69) is 11.9 Å². The predicted octanol–water partition coefficient (Wildman–Crippen LogP) is 4.01. The summed E-state index contributed by atoms with van der Waals surface area (Å²) in [6.45, 7) is 4.30. The zero-order valence-corrected chi connectivity index (χ0v) is 18.5. The van der Waals surface area contributed by atoms with Gasteiger partial charge in [-0.2, -0.15) is 4.31 Å². The second kappa shape index (κ2) is 10.1. The van der Waals surface area contributed by atoms with E-state index in [1.54, 1.807) is 23.9 Å². The van der Waals surface area contributed by atoms with Crippen LogP contribution in [0.25, 0.3) is 0 Å². The molecule has 1 aliphatic rings. The number of hydrogen-bond acceptors (Lipinski definition) is 5. The number of para-hydroxylation sites is 1. The standard InChI is InChI=1S/C22H26N2O4S2/c1-3-15-29-21-9-5-4-8-20(21)23-22(25)17-7-6-14-24(16-17)30(26,27)19-12-10-18(28-2)11-13-19/h3-5,8-13,17H,1,6-7,14-16H2,2H3,(H,23,25). The lowest BCUT2D eigenvalue weighted by atomic mass is 9.99. The van der Waals surface area contributed by atoms with E-state index in [0.29, 0.717) is 25.1 Å². The van der Waals surface area contributed by atoms with Crippen molar-refractivity contribution in [2.24, 2.45) is 5.92 Å². The first-order valence-corrected chi connectivity index (χ1v) is 12.2. The molecule has 1 unspecified atom stereocenters. The molecule has 1 N–H and O–H groups in total. The molecule has 2 aromatic carbocycles. The van der Waals surface area contributed by atoms with Gasteiger partial charge in [0, 0.05) is 23.7 Å². The molecule has 6 nitrogen and oxygen atoms in total. The summed E-state index contributed by atoms with van der Waals surface area (Å²) in [5.41, 5.74) is 0.740. The van der Waals surface area contributed by atoms with Crippen LogP contribution >= 0.6 is 11.8 Å². The number of amides is 1. The van der Waals surface area contributed by atoms with E-state index in [0.717, 1.165) is 16.3 Å². The Kier molecular flexibility index (Phi) is 7.58. The number of hydrogen-bond donors (Lipinski definition) is 1. The first-order valence-electron chi connectivity index (χ1n) is 9.73. The van der Waals surface area contributed by atoms with Crippen molar-refractivity contribution < 1.29 is 17.9 Å². The summed E-state index contributed by atoms with van der Waals surface area (Å²) >= 11 is 1.59. The van der Waals surface area contributed by atoms with Gasteiger partial charge < -0.3 is 10.1 Å². The molecule has 0 radical (unpaired) electrons. The van der Waals surface area contributed by atoms with Crippen LogP contribution in [0, 0.1) is 5.92 Å². The summed E-state index contributed by atoms with van der Waals surface area (Å²) in [4.78, 5) is 14.1. The summed E-state index contributed by atoms with van der Waals surface area (Å²) in [7, 11) is -2.13. The van der Waals surface area contributed by atoms with Crippen molar-refractivity contribution in [3.63, 3.8) is 0 Å². The maximum Gasteiger partial charge on any atom is 0.243 e. The summed E-state index contributed by atoms with van der Waals surface area (Å²) < 4.78 is 32.6. The lowest BCUT2D eigenvalue weighted by molar-refractivity contribution is -0.120. The van der Waals surface area contributed by atoms with Gasteiger partial charge in [0.05, 0.1) is 23.6 Å². The average molecular weight is 447 g/mol. The van der Waals surface area contributed by atoms with Gasteiger partial charge in [0.1, 0.15) is 5.75 Å². The van der Waals surface area contributed by atoms with Crippen molar-refractivity contribution in [3.8, 4) is 5.75 Å². The molecule has 1 aliphatic heterocycles. The number of methoxy groups -OCH3 is 1. The van der Waals surface area contributed by atoms with Crippen LogP contribution in [0.3, 0.4) is 0 Å². The van der Waals surface area contributed by atoms with Gasteiger partial charge in [0.25, 0.3) is 0 Å². The number of benzene rings is 2. The number of anilines is 1. The van der Waals surface area contributed by atoms with Gasteiger partial charge in [-0.05, 0) is 49.2 Å². The van der Waals surface area contributed by atoms with Crippen molar-refractivity contribution in [3.05, 3.63) is 61.2 Å². The van der Waals surface area contributed by atoms with Crippen molar-refractivity contribution in [2.45, 2.75) is 22.6 Å². The maximum absolute atomic E-state index is 13.0. The molecule has 160 valence electrons. The van der Waals surface area contributed by atoms with Gasteiger partial charge in [0.2, 0.25) is 15.9 Å². The molecule has 2 aromatic rings. The highest BCUT2D eigenvalue weighted by molar-refractivity contribution is 7.99. The van der Waals surface area contributed by atoms with Crippen molar-refractivity contribution in [2.75, 3.05) is 31.3 Å². The monoisotopic (exact) mass is 446 g/mol. The van der Waals surface area contributed by atoms with Crippen LogP contribution in [0.4, 0.5) is 5.69 Å². The molecular weight excluding hydrogens is 420 g/mol. The molecule has 8 heteroatoms. The van der Waals surface area contributed by atoms with E-state index in [-0.39, 0.29) is 17.3 Å². The molecule has 0 aromatic heterocycles. The van der Waals surface area contributed by atoms with Gasteiger partial charge in [0.15, 0.2) is 0 Å². The number of sulfonamides is 1. The third-order valence-corrected chi connectivity index (χ3v) is 7.90. The van der Waals surface area contributed by atoms with Crippen LogP contribution in [-0.2, 0) is 14.8 Å². The Balaban J connectivity index is 1.71. The molecule has 0 aliphatic carbocycles. The number of ether oxygens (including phenoxy) is 1. The number of nitrogens with zero attached hydrogens (tertiary/aromatic N) is 1. The fourth-order valence-corrected chi connectivity index (χ4v) is 5.62. The molecule has 1 fully saturated rings. The van der Waals surface area contributed by atoms with Crippen LogP contribution in [0.1, 0.15) is 12.8 Å². The minimum atomic E-state index is -3.66. The van der Waals surface area contributed by atoms with Gasteiger partial charge in [-0.1, -0.05) is 18.2 Å². The van der Waals surface area contributed by atoms with E-state index < -0.39 is 15.9 Å². The SMILES string of the molecule is C=CCSc1ccccc1NC(=O)C1CCCN(S(=O)(=O)c2ccc(OC)cc2)C1. The smallest absolute Gasteiger partial charge is 0.243 e.